The SMILES string of the molecule is OCc1cnc2ccc(Br)cc2c1Nc1ccc(F)cc1C(F)(F)F. The first kappa shape index (κ1) is 17.6. The molecule has 0 saturated heterocycles. The first-order chi connectivity index (χ1) is 11.8. The Balaban J connectivity index is 2.20. The number of nitrogens with one attached hydrogen (secondary N) is 1. The van der Waals surface area contributed by atoms with Crippen LogP contribution in [0.15, 0.2) is 47.1 Å². The number of aliphatic hydroxyl groups is 1. The topological polar surface area (TPSA) is 45.2 Å². The minimum atomic E-state index is -4.73. The molecule has 0 aliphatic carbocycles. The highest BCUT2D eigenvalue weighted by Gasteiger charge is 2.34. The molecule has 0 atom stereocenters. The quantitative estimate of drug-likeness (QED) is 0.564. The van der Waals surface area contributed by atoms with Gasteiger partial charge in [0.15, 0.2) is 0 Å². The molecule has 0 aliphatic rings. The second-order valence-corrected chi connectivity index (χ2v) is 6.21. The minimum Gasteiger partial charge on any atom is -0.392 e. The second-order valence-electron chi connectivity index (χ2n) is 5.29. The van der Waals surface area contributed by atoms with E-state index in [4.69, 9.17) is 0 Å². The van der Waals surface area contributed by atoms with Crippen LogP contribution in [-0.2, 0) is 12.8 Å². The molecule has 25 heavy (non-hydrogen) atoms. The van der Waals surface area contributed by atoms with Gasteiger partial charge in [0.05, 0.1) is 29.1 Å². The number of pyridine rings is 1. The molecule has 0 amide bonds. The van der Waals surface area contributed by atoms with Crippen LogP contribution in [0.1, 0.15) is 11.1 Å². The third kappa shape index (κ3) is 3.59. The van der Waals surface area contributed by atoms with Crippen LogP contribution in [0.5, 0.6) is 0 Å². The van der Waals surface area contributed by atoms with E-state index in [0.29, 0.717) is 27.0 Å². The summed E-state index contributed by atoms with van der Waals surface area (Å²) in [6.07, 6.45) is -3.34. The lowest BCUT2D eigenvalue weighted by Crippen LogP contribution is -2.10. The van der Waals surface area contributed by atoms with Gasteiger partial charge in [0.2, 0.25) is 0 Å². The maximum atomic E-state index is 13.3. The van der Waals surface area contributed by atoms with Crippen LogP contribution in [0.2, 0.25) is 0 Å². The van der Waals surface area contributed by atoms with Crippen molar-refractivity contribution < 1.29 is 22.7 Å². The van der Waals surface area contributed by atoms with Gasteiger partial charge in [-0.3, -0.25) is 4.98 Å². The molecule has 2 aromatic carbocycles. The van der Waals surface area contributed by atoms with Crippen LogP contribution in [0, 0.1) is 5.82 Å². The Morgan fingerprint density at radius 1 is 1.12 bits per heavy atom. The number of anilines is 2. The van der Waals surface area contributed by atoms with E-state index in [1.54, 1.807) is 18.2 Å². The lowest BCUT2D eigenvalue weighted by molar-refractivity contribution is -0.137. The van der Waals surface area contributed by atoms with E-state index >= 15 is 0 Å². The Morgan fingerprint density at radius 2 is 1.88 bits per heavy atom. The molecular weight excluding hydrogens is 404 g/mol. The zero-order chi connectivity index (χ0) is 18.2. The number of hydrogen-bond acceptors (Lipinski definition) is 3. The summed E-state index contributed by atoms with van der Waals surface area (Å²) in [6, 6.07) is 7.51. The summed E-state index contributed by atoms with van der Waals surface area (Å²) in [4.78, 5) is 4.18. The lowest BCUT2D eigenvalue weighted by Gasteiger charge is -2.18. The molecule has 2 N–H and O–H groups in total. The van der Waals surface area contributed by atoms with Crippen molar-refractivity contribution in [3.8, 4) is 0 Å². The Morgan fingerprint density at radius 3 is 2.56 bits per heavy atom. The van der Waals surface area contributed by atoms with E-state index in [9.17, 15) is 22.7 Å². The molecule has 130 valence electrons. The zero-order valence-electron chi connectivity index (χ0n) is 12.5. The van der Waals surface area contributed by atoms with Crippen molar-refractivity contribution >= 4 is 38.2 Å². The molecule has 3 aromatic rings. The summed E-state index contributed by atoms with van der Waals surface area (Å²) in [6.45, 7) is -0.416. The molecule has 0 aliphatic heterocycles. The summed E-state index contributed by atoms with van der Waals surface area (Å²) in [5, 5.41) is 12.7. The maximum Gasteiger partial charge on any atom is 0.418 e. The molecule has 3 nitrogen and oxygen atoms in total. The van der Waals surface area contributed by atoms with Gasteiger partial charge >= 0.3 is 6.18 Å². The van der Waals surface area contributed by atoms with Crippen molar-refractivity contribution in [2.24, 2.45) is 0 Å². The van der Waals surface area contributed by atoms with Crippen LogP contribution < -0.4 is 5.32 Å². The summed E-state index contributed by atoms with van der Waals surface area (Å²) in [5.41, 5.74) is -0.292. The largest absolute Gasteiger partial charge is 0.418 e. The van der Waals surface area contributed by atoms with E-state index in [-0.39, 0.29) is 11.4 Å². The molecule has 0 unspecified atom stereocenters. The van der Waals surface area contributed by atoms with Gasteiger partial charge in [-0.2, -0.15) is 13.2 Å². The van der Waals surface area contributed by atoms with Crippen molar-refractivity contribution in [2.45, 2.75) is 12.8 Å². The number of fused-ring (bicyclic) bond motifs is 1. The molecular formula is C17H11BrF4N2O. The number of alkyl halides is 3. The number of benzene rings is 2. The average Bonchev–Trinajstić information content (AvgIpc) is 2.55. The normalized spacial score (nSPS) is 11.8. The van der Waals surface area contributed by atoms with E-state index < -0.39 is 24.2 Å². The highest BCUT2D eigenvalue weighted by Crippen LogP contribution is 2.38. The fraction of sp³-hybridized carbons (Fsp3) is 0.118. The van der Waals surface area contributed by atoms with Crippen LogP contribution in [0.4, 0.5) is 28.9 Å². The number of hydrogen-bond donors (Lipinski definition) is 2. The van der Waals surface area contributed by atoms with E-state index in [2.05, 4.69) is 26.2 Å². The predicted octanol–water partition coefficient (Wildman–Crippen LogP) is 5.39. The molecule has 0 bridgehead atoms. The van der Waals surface area contributed by atoms with Crippen LogP contribution >= 0.6 is 15.9 Å². The van der Waals surface area contributed by atoms with Gasteiger partial charge in [0.1, 0.15) is 5.82 Å². The number of rotatable bonds is 3. The highest BCUT2D eigenvalue weighted by atomic mass is 79.9. The first-order valence-electron chi connectivity index (χ1n) is 7.11. The Kier molecular flexibility index (Phi) is 4.66. The minimum absolute atomic E-state index is 0.283. The van der Waals surface area contributed by atoms with Crippen LogP contribution in [-0.4, -0.2) is 10.1 Å². The van der Waals surface area contributed by atoms with Crippen molar-refractivity contribution in [1.29, 1.82) is 0 Å². The molecule has 0 spiro atoms. The van der Waals surface area contributed by atoms with E-state index in [0.717, 1.165) is 12.1 Å². The van der Waals surface area contributed by atoms with Gasteiger partial charge in [0, 0.05) is 21.6 Å². The molecule has 0 radical (unpaired) electrons. The predicted molar refractivity (Wildman–Crippen MR) is 90.1 cm³/mol. The highest BCUT2D eigenvalue weighted by molar-refractivity contribution is 9.10. The van der Waals surface area contributed by atoms with Gasteiger partial charge in [-0.25, -0.2) is 4.39 Å². The summed E-state index contributed by atoms with van der Waals surface area (Å²) in [5.74, 6) is -0.984. The molecule has 0 saturated carbocycles. The van der Waals surface area contributed by atoms with Crippen LogP contribution in [0.25, 0.3) is 10.9 Å². The third-order valence-corrected chi connectivity index (χ3v) is 4.12. The number of nitrogens with zero attached hydrogens (tertiary/aromatic N) is 1. The summed E-state index contributed by atoms with van der Waals surface area (Å²) >= 11 is 3.31. The Bertz CT molecular complexity index is 944. The van der Waals surface area contributed by atoms with Crippen molar-refractivity contribution in [2.75, 3.05) is 5.32 Å². The summed E-state index contributed by atoms with van der Waals surface area (Å²) < 4.78 is 53.6. The number of aromatic nitrogens is 1. The smallest absolute Gasteiger partial charge is 0.392 e. The van der Waals surface area contributed by atoms with Crippen molar-refractivity contribution in [3.05, 3.63) is 64.0 Å². The van der Waals surface area contributed by atoms with Gasteiger partial charge in [-0.05, 0) is 36.4 Å². The number of aliphatic hydroxyl groups excluding tert-OH is 1. The van der Waals surface area contributed by atoms with E-state index in [1.807, 2.05) is 0 Å². The molecule has 1 heterocycles. The Labute approximate surface area is 148 Å². The lowest BCUT2D eigenvalue weighted by atomic mass is 10.1. The molecule has 1 aromatic heterocycles. The van der Waals surface area contributed by atoms with Crippen LogP contribution in [0.3, 0.4) is 0 Å². The van der Waals surface area contributed by atoms with Gasteiger partial charge < -0.3 is 10.4 Å². The van der Waals surface area contributed by atoms with E-state index in [1.165, 1.54) is 6.20 Å². The maximum absolute atomic E-state index is 13.3. The Hall–Kier alpha value is -2.19. The fourth-order valence-corrected chi connectivity index (χ4v) is 2.83. The summed E-state index contributed by atoms with van der Waals surface area (Å²) in [7, 11) is 0. The van der Waals surface area contributed by atoms with Crippen molar-refractivity contribution in [1.82, 2.24) is 4.98 Å². The molecule has 0 fully saturated rings. The second kappa shape index (κ2) is 6.61. The van der Waals surface area contributed by atoms with Gasteiger partial charge in [-0.15, -0.1) is 0 Å². The van der Waals surface area contributed by atoms with Crippen molar-refractivity contribution in [3.63, 3.8) is 0 Å². The molecule has 8 heteroatoms. The fourth-order valence-electron chi connectivity index (χ4n) is 2.47. The molecule has 3 rings (SSSR count). The third-order valence-electron chi connectivity index (χ3n) is 3.63. The van der Waals surface area contributed by atoms with Gasteiger partial charge in [-0.1, -0.05) is 15.9 Å². The first-order valence-corrected chi connectivity index (χ1v) is 7.90. The average molecular weight is 415 g/mol. The zero-order valence-corrected chi connectivity index (χ0v) is 14.1. The van der Waals surface area contributed by atoms with Gasteiger partial charge in [0.25, 0.3) is 0 Å². The standard InChI is InChI=1S/C17H11BrF4N2O/c18-10-1-3-14-12(5-10)16(9(8-25)7-23-14)24-15-4-2-11(19)6-13(15)17(20,21)22/h1-7,25H,8H2,(H,23,24). The monoisotopic (exact) mass is 414 g/mol. The number of halogens is 5.